The Hall–Kier alpha value is -2.06. The first-order valence-corrected chi connectivity index (χ1v) is 8.48. The van der Waals surface area contributed by atoms with Gasteiger partial charge in [-0.25, -0.2) is 9.80 Å². The van der Waals surface area contributed by atoms with Crippen LogP contribution in [0.3, 0.4) is 0 Å². The first kappa shape index (κ1) is 20.3. The maximum atomic E-state index is 12.2. The number of furan rings is 1. The van der Waals surface area contributed by atoms with Crippen molar-refractivity contribution in [3.05, 3.63) is 57.5 Å². The van der Waals surface area contributed by atoms with E-state index in [1.165, 1.54) is 29.3 Å². The van der Waals surface area contributed by atoms with Crippen molar-refractivity contribution >= 4 is 35.1 Å². The molecule has 1 unspecified atom stereocenters. The van der Waals surface area contributed by atoms with Gasteiger partial charge in [0, 0.05) is 7.05 Å². The molecule has 140 valence electrons. The van der Waals surface area contributed by atoms with Crippen molar-refractivity contribution in [1.82, 2.24) is 10.4 Å². The molecule has 0 saturated carbocycles. The largest absolute Gasteiger partial charge is 0.460 e. The molecule has 2 aromatic rings. The van der Waals surface area contributed by atoms with Gasteiger partial charge < -0.3 is 14.3 Å². The second-order valence-corrected chi connectivity index (χ2v) is 6.21. The molecule has 1 aromatic carbocycles. The number of carbonyl (C=O) groups excluding carboxylic acids is 2. The Bertz CT molecular complexity index is 793. The maximum Gasteiger partial charge on any atom is 0.374 e. The van der Waals surface area contributed by atoms with Crippen molar-refractivity contribution < 1.29 is 23.8 Å². The van der Waals surface area contributed by atoms with Crippen molar-refractivity contribution in [2.24, 2.45) is 0 Å². The number of halogens is 2. The lowest BCUT2D eigenvalue weighted by Gasteiger charge is -2.19. The van der Waals surface area contributed by atoms with E-state index in [1.807, 2.05) is 0 Å². The third-order valence-electron chi connectivity index (χ3n) is 3.34. The van der Waals surface area contributed by atoms with Gasteiger partial charge in [-0.2, -0.15) is 0 Å². The monoisotopic (exact) mass is 400 g/mol. The van der Waals surface area contributed by atoms with E-state index >= 15 is 0 Å². The highest BCUT2D eigenvalue weighted by Crippen LogP contribution is 2.25. The van der Waals surface area contributed by atoms with Gasteiger partial charge in [-0.05, 0) is 36.8 Å². The van der Waals surface area contributed by atoms with Crippen molar-refractivity contribution in [2.75, 3.05) is 13.7 Å². The minimum absolute atomic E-state index is 0.0809. The van der Waals surface area contributed by atoms with Crippen LogP contribution < -0.4 is 5.43 Å². The van der Waals surface area contributed by atoms with Crippen LogP contribution in [-0.2, 0) is 16.1 Å². The summed E-state index contributed by atoms with van der Waals surface area (Å²) in [6.45, 7) is 2.13. The number of aliphatic hydroxyl groups excluding tert-OH is 1. The molecule has 7 nitrogen and oxygen atoms in total. The fraction of sp³-hybridized carbons (Fsp3) is 0.294. The molecule has 9 heteroatoms. The highest BCUT2D eigenvalue weighted by molar-refractivity contribution is 6.42. The van der Waals surface area contributed by atoms with Crippen LogP contribution in [-0.4, -0.2) is 35.6 Å². The minimum atomic E-state index is -1.42. The number of nitrogens with one attached hydrogen (secondary N) is 1. The molecule has 1 heterocycles. The minimum Gasteiger partial charge on any atom is -0.460 e. The summed E-state index contributed by atoms with van der Waals surface area (Å²) in [5.74, 6) is -0.680. The summed E-state index contributed by atoms with van der Waals surface area (Å²) in [6.07, 6.45) is -1.42. The highest BCUT2D eigenvalue weighted by Gasteiger charge is 2.20. The summed E-state index contributed by atoms with van der Waals surface area (Å²) >= 11 is 11.7. The standard InChI is InChI=1S/C17H18Cl2N2O5/c1-3-25-17(24)14-7-5-11(26-14)9-21(2)20-16(23)15(22)10-4-6-12(18)13(19)8-10/h4-8,15,22H,3,9H2,1-2H3,(H,20,23). The Morgan fingerprint density at radius 3 is 2.65 bits per heavy atom. The number of hydrogen-bond donors (Lipinski definition) is 2. The molecule has 1 amide bonds. The fourth-order valence-corrected chi connectivity index (χ4v) is 2.44. The molecule has 0 aliphatic carbocycles. The molecular formula is C17H18Cl2N2O5. The third kappa shape index (κ3) is 5.22. The first-order chi connectivity index (χ1) is 12.3. The number of benzene rings is 1. The number of amides is 1. The Kier molecular flexibility index (Phi) is 7.05. The van der Waals surface area contributed by atoms with E-state index in [9.17, 15) is 14.7 Å². The molecule has 2 rings (SSSR count). The van der Waals surface area contributed by atoms with Crippen LogP contribution in [0.5, 0.6) is 0 Å². The molecule has 0 bridgehead atoms. The van der Waals surface area contributed by atoms with E-state index < -0.39 is 18.0 Å². The predicted octanol–water partition coefficient (Wildman–Crippen LogP) is 2.96. The summed E-state index contributed by atoms with van der Waals surface area (Å²) in [5.41, 5.74) is 2.83. The second kappa shape index (κ2) is 9.05. The molecule has 0 aliphatic rings. The Morgan fingerprint density at radius 2 is 2.00 bits per heavy atom. The number of hydrazine groups is 1. The molecule has 0 radical (unpaired) electrons. The van der Waals surface area contributed by atoms with E-state index in [-0.39, 0.29) is 23.9 Å². The van der Waals surface area contributed by atoms with Crippen molar-refractivity contribution in [2.45, 2.75) is 19.6 Å². The smallest absolute Gasteiger partial charge is 0.374 e. The Balaban J connectivity index is 1.94. The molecule has 1 aromatic heterocycles. The molecule has 1 atom stereocenters. The van der Waals surface area contributed by atoms with Gasteiger partial charge in [0.05, 0.1) is 23.2 Å². The summed E-state index contributed by atoms with van der Waals surface area (Å²) in [7, 11) is 1.59. The predicted molar refractivity (Wildman–Crippen MR) is 95.7 cm³/mol. The van der Waals surface area contributed by atoms with Crippen molar-refractivity contribution in [3.8, 4) is 0 Å². The molecule has 2 N–H and O–H groups in total. The third-order valence-corrected chi connectivity index (χ3v) is 4.08. The number of nitrogens with zero attached hydrogens (tertiary/aromatic N) is 1. The van der Waals surface area contributed by atoms with Crippen LogP contribution >= 0.6 is 23.2 Å². The molecule has 0 aliphatic heterocycles. The number of hydrogen-bond acceptors (Lipinski definition) is 6. The van der Waals surface area contributed by atoms with Crippen molar-refractivity contribution in [3.63, 3.8) is 0 Å². The van der Waals surface area contributed by atoms with Gasteiger partial charge in [0.15, 0.2) is 6.10 Å². The lowest BCUT2D eigenvalue weighted by Crippen LogP contribution is -2.41. The normalized spacial score (nSPS) is 12.1. The lowest BCUT2D eigenvalue weighted by molar-refractivity contribution is -0.134. The maximum absolute atomic E-state index is 12.2. The quantitative estimate of drug-likeness (QED) is 0.548. The van der Waals surface area contributed by atoms with Gasteiger partial charge in [0.1, 0.15) is 5.76 Å². The number of rotatable bonds is 7. The van der Waals surface area contributed by atoms with Crippen LogP contribution in [0, 0.1) is 0 Å². The number of esters is 1. The van der Waals surface area contributed by atoms with Crippen LogP contribution in [0.15, 0.2) is 34.7 Å². The zero-order valence-corrected chi connectivity index (χ0v) is 15.7. The average Bonchev–Trinajstić information content (AvgIpc) is 3.05. The zero-order valence-electron chi connectivity index (χ0n) is 14.2. The van der Waals surface area contributed by atoms with Crippen LogP contribution in [0.2, 0.25) is 10.0 Å². The molecular weight excluding hydrogens is 383 g/mol. The van der Waals surface area contributed by atoms with Gasteiger partial charge >= 0.3 is 5.97 Å². The molecule has 0 saturated heterocycles. The van der Waals surface area contributed by atoms with Gasteiger partial charge in [-0.1, -0.05) is 29.3 Å². The van der Waals surface area contributed by atoms with E-state index in [4.69, 9.17) is 32.4 Å². The number of carbonyl (C=O) groups is 2. The number of aliphatic hydroxyl groups is 1. The summed E-state index contributed by atoms with van der Waals surface area (Å²) in [6, 6.07) is 7.53. The van der Waals surface area contributed by atoms with Gasteiger partial charge in [-0.15, -0.1) is 0 Å². The zero-order chi connectivity index (χ0) is 19.3. The van der Waals surface area contributed by atoms with Crippen LogP contribution in [0.1, 0.15) is 34.9 Å². The topological polar surface area (TPSA) is 92.0 Å². The number of ether oxygens (including phenoxy) is 1. The Morgan fingerprint density at radius 1 is 1.27 bits per heavy atom. The van der Waals surface area contributed by atoms with E-state index in [0.29, 0.717) is 16.3 Å². The average molecular weight is 401 g/mol. The Labute approximate surface area is 160 Å². The summed E-state index contributed by atoms with van der Waals surface area (Å²) < 4.78 is 10.2. The lowest BCUT2D eigenvalue weighted by atomic mass is 10.1. The first-order valence-electron chi connectivity index (χ1n) is 7.72. The fourth-order valence-electron chi connectivity index (χ4n) is 2.13. The summed E-state index contributed by atoms with van der Waals surface area (Å²) in [4.78, 5) is 23.7. The van der Waals surface area contributed by atoms with E-state index in [2.05, 4.69) is 5.43 Å². The van der Waals surface area contributed by atoms with Gasteiger partial charge in [0.25, 0.3) is 5.91 Å². The second-order valence-electron chi connectivity index (χ2n) is 5.39. The SMILES string of the molecule is CCOC(=O)c1ccc(CN(C)NC(=O)C(O)c2ccc(Cl)c(Cl)c2)o1. The molecule has 26 heavy (non-hydrogen) atoms. The summed E-state index contributed by atoms with van der Waals surface area (Å²) in [5, 5.41) is 12.1. The van der Waals surface area contributed by atoms with Crippen LogP contribution in [0.4, 0.5) is 0 Å². The van der Waals surface area contributed by atoms with Crippen molar-refractivity contribution in [1.29, 1.82) is 0 Å². The van der Waals surface area contributed by atoms with Gasteiger partial charge in [0.2, 0.25) is 5.76 Å². The van der Waals surface area contributed by atoms with Gasteiger partial charge in [-0.3, -0.25) is 10.2 Å². The highest BCUT2D eigenvalue weighted by atomic mass is 35.5. The van der Waals surface area contributed by atoms with E-state index in [1.54, 1.807) is 20.0 Å². The van der Waals surface area contributed by atoms with Crippen LogP contribution in [0.25, 0.3) is 0 Å². The molecule has 0 fully saturated rings. The van der Waals surface area contributed by atoms with E-state index in [0.717, 1.165) is 0 Å². The molecule has 0 spiro atoms.